The van der Waals surface area contributed by atoms with Crippen molar-refractivity contribution in [2.24, 2.45) is 0 Å². The summed E-state index contributed by atoms with van der Waals surface area (Å²) in [6.45, 7) is 1.98. The maximum Gasteiger partial charge on any atom is 0.347 e. The SMILES string of the molecule is O=COC(=O)CC(O)(C(=O)Oc1ccsc1)C(OCCN1CCCCC1)C(=O)Oc1ccccc1. The van der Waals surface area contributed by atoms with Gasteiger partial charge in [-0.1, -0.05) is 24.6 Å². The van der Waals surface area contributed by atoms with Gasteiger partial charge in [-0.25, -0.2) is 9.59 Å². The normalized spacial score (nSPS) is 16.5. The number of rotatable bonds is 12. The Balaban J connectivity index is 1.85. The summed E-state index contributed by atoms with van der Waals surface area (Å²) in [6, 6.07) is 9.47. The number of hydrogen-bond donors (Lipinski definition) is 1. The molecule has 2 unspecified atom stereocenters. The number of carbonyl (C=O) groups excluding carboxylic acids is 4. The average Bonchev–Trinajstić information content (AvgIpc) is 3.36. The molecule has 1 aliphatic heterocycles. The molecule has 10 nitrogen and oxygen atoms in total. The number of nitrogens with zero attached hydrogens (tertiary/aromatic N) is 1. The molecule has 35 heavy (non-hydrogen) atoms. The highest BCUT2D eigenvalue weighted by molar-refractivity contribution is 7.08. The predicted molar refractivity (Wildman–Crippen MR) is 124 cm³/mol. The van der Waals surface area contributed by atoms with Crippen LogP contribution < -0.4 is 9.47 Å². The summed E-state index contributed by atoms with van der Waals surface area (Å²) >= 11 is 1.24. The molecule has 0 amide bonds. The molecule has 1 aliphatic rings. The quantitative estimate of drug-likeness (QED) is 0.198. The summed E-state index contributed by atoms with van der Waals surface area (Å²) in [5, 5.41) is 14.5. The molecule has 0 spiro atoms. The molecule has 2 aromatic rings. The fourth-order valence-corrected chi connectivity index (χ4v) is 4.19. The maximum atomic E-state index is 13.1. The molecule has 1 N–H and O–H groups in total. The first-order chi connectivity index (χ1) is 16.9. The van der Waals surface area contributed by atoms with E-state index < -0.39 is 36.0 Å². The summed E-state index contributed by atoms with van der Waals surface area (Å²) < 4.78 is 20.5. The number of para-hydroxylation sites is 1. The van der Waals surface area contributed by atoms with Crippen LogP contribution in [0.3, 0.4) is 0 Å². The van der Waals surface area contributed by atoms with Gasteiger partial charge in [-0.3, -0.25) is 9.59 Å². The van der Waals surface area contributed by atoms with E-state index in [4.69, 9.17) is 14.2 Å². The number of piperidine rings is 1. The van der Waals surface area contributed by atoms with Crippen molar-refractivity contribution in [3.63, 3.8) is 0 Å². The lowest BCUT2D eigenvalue weighted by Crippen LogP contribution is -2.58. The minimum Gasteiger partial charge on any atom is -0.425 e. The number of hydrogen-bond acceptors (Lipinski definition) is 11. The first-order valence-electron chi connectivity index (χ1n) is 11.1. The lowest BCUT2D eigenvalue weighted by Gasteiger charge is -2.32. The van der Waals surface area contributed by atoms with E-state index in [1.807, 2.05) is 0 Å². The van der Waals surface area contributed by atoms with Crippen molar-refractivity contribution in [3.05, 3.63) is 47.2 Å². The van der Waals surface area contributed by atoms with Crippen LogP contribution in [0.25, 0.3) is 0 Å². The van der Waals surface area contributed by atoms with Gasteiger partial charge in [-0.2, -0.15) is 0 Å². The van der Waals surface area contributed by atoms with Gasteiger partial charge in [0.2, 0.25) is 5.60 Å². The first kappa shape index (κ1) is 26.5. The van der Waals surface area contributed by atoms with E-state index in [1.54, 1.807) is 23.6 Å². The fourth-order valence-electron chi connectivity index (χ4n) is 3.63. The highest BCUT2D eigenvalue weighted by Crippen LogP contribution is 2.26. The fraction of sp³-hybridized carbons (Fsp3) is 0.417. The van der Waals surface area contributed by atoms with Gasteiger partial charge in [0.25, 0.3) is 0 Å². The number of ether oxygens (including phenoxy) is 4. The summed E-state index contributed by atoms with van der Waals surface area (Å²) in [4.78, 5) is 51.1. The standard InChI is InChI=1S/C24H27NO9S/c26-17-32-20(27)15-24(30,23(29)34-19-9-14-35-16-19)21(22(28)33-18-7-3-1-4-8-18)31-13-12-25-10-5-2-6-11-25/h1,3-4,7-9,14,16-17,21,30H,2,5-6,10-13,15H2. The van der Waals surface area contributed by atoms with Crippen molar-refractivity contribution in [2.75, 3.05) is 26.2 Å². The van der Waals surface area contributed by atoms with E-state index in [9.17, 15) is 24.3 Å². The van der Waals surface area contributed by atoms with Crippen molar-refractivity contribution in [1.29, 1.82) is 0 Å². The van der Waals surface area contributed by atoms with Crippen molar-refractivity contribution in [2.45, 2.75) is 37.4 Å². The molecule has 1 saturated heterocycles. The molecule has 0 aliphatic carbocycles. The summed E-state index contributed by atoms with van der Waals surface area (Å²) in [6.07, 6.45) is 0.184. The Morgan fingerprint density at radius 3 is 2.46 bits per heavy atom. The van der Waals surface area contributed by atoms with Crippen molar-refractivity contribution in [3.8, 4) is 11.5 Å². The molecule has 1 aromatic heterocycles. The molecule has 2 atom stereocenters. The molecule has 2 heterocycles. The van der Waals surface area contributed by atoms with Crippen LogP contribution in [-0.4, -0.2) is 72.3 Å². The Morgan fingerprint density at radius 2 is 1.80 bits per heavy atom. The molecular weight excluding hydrogens is 478 g/mol. The van der Waals surface area contributed by atoms with Crippen LogP contribution in [-0.2, 0) is 28.7 Å². The topological polar surface area (TPSA) is 129 Å². The molecule has 0 bridgehead atoms. The van der Waals surface area contributed by atoms with Crippen LogP contribution in [0.2, 0.25) is 0 Å². The molecule has 11 heteroatoms. The molecule has 3 rings (SSSR count). The summed E-state index contributed by atoms with van der Waals surface area (Å²) in [5.41, 5.74) is -2.84. The highest BCUT2D eigenvalue weighted by Gasteiger charge is 2.53. The lowest BCUT2D eigenvalue weighted by molar-refractivity contribution is -0.191. The minimum absolute atomic E-state index is 0.0364. The third kappa shape index (κ3) is 7.69. The molecule has 1 fully saturated rings. The number of benzene rings is 1. The van der Waals surface area contributed by atoms with Crippen LogP contribution in [0.15, 0.2) is 47.2 Å². The third-order valence-electron chi connectivity index (χ3n) is 5.40. The van der Waals surface area contributed by atoms with E-state index in [0.29, 0.717) is 6.54 Å². The minimum atomic E-state index is -2.84. The highest BCUT2D eigenvalue weighted by atomic mass is 32.1. The lowest BCUT2D eigenvalue weighted by atomic mass is 9.92. The number of esters is 3. The zero-order valence-electron chi connectivity index (χ0n) is 19.0. The van der Waals surface area contributed by atoms with Crippen molar-refractivity contribution in [1.82, 2.24) is 4.90 Å². The van der Waals surface area contributed by atoms with Gasteiger partial charge >= 0.3 is 24.4 Å². The molecule has 188 valence electrons. The Kier molecular flexibility index (Phi) is 9.91. The second kappa shape index (κ2) is 13.1. The number of carbonyl (C=O) groups is 4. The molecule has 1 aromatic carbocycles. The molecule has 0 saturated carbocycles. The smallest absolute Gasteiger partial charge is 0.347 e. The van der Waals surface area contributed by atoms with E-state index in [1.165, 1.54) is 34.9 Å². The molecular formula is C24H27NO9S. The second-order valence-corrected chi connectivity index (χ2v) is 8.70. The monoisotopic (exact) mass is 505 g/mol. The van der Waals surface area contributed by atoms with Gasteiger partial charge < -0.3 is 29.0 Å². The van der Waals surface area contributed by atoms with Crippen LogP contribution in [0, 0.1) is 0 Å². The number of thiophene rings is 1. The van der Waals surface area contributed by atoms with E-state index in [-0.39, 0.29) is 24.6 Å². The van der Waals surface area contributed by atoms with E-state index in [0.717, 1.165) is 32.4 Å². The maximum absolute atomic E-state index is 13.1. The van der Waals surface area contributed by atoms with Crippen LogP contribution in [0.1, 0.15) is 25.7 Å². The average molecular weight is 506 g/mol. The van der Waals surface area contributed by atoms with Gasteiger partial charge in [0, 0.05) is 11.9 Å². The van der Waals surface area contributed by atoms with E-state index >= 15 is 0 Å². The van der Waals surface area contributed by atoms with Gasteiger partial charge in [-0.05, 0) is 49.5 Å². The van der Waals surface area contributed by atoms with Gasteiger partial charge in [0.05, 0.1) is 13.0 Å². The molecule has 0 radical (unpaired) electrons. The van der Waals surface area contributed by atoms with E-state index in [2.05, 4.69) is 9.64 Å². The van der Waals surface area contributed by atoms with Gasteiger partial charge in [0.1, 0.15) is 11.5 Å². The van der Waals surface area contributed by atoms with Crippen molar-refractivity contribution < 1.29 is 43.2 Å². The van der Waals surface area contributed by atoms with Crippen LogP contribution in [0.4, 0.5) is 0 Å². The second-order valence-electron chi connectivity index (χ2n) is 7.92. The van der Waals surface area contributed by atoms with Crippen molar-refractivity contribution >= 4 is 35.7 Å². The van der Waals surface area contributed by atoms with Gasteiger partial charge in [-0.15, -0.1) is 11.3 Å². The van der Waals surface area contributed by atoms with Crippen LogP contribution >= 0.6 is 11.3 Å². The Labute approximate surface area is 206 Å². The third-order valence-corrected chi connectivity index (χ3v) is 6.06. The predicted octanol–water partition coefficient (Wildman–Crippen LogP) is 1.95. The Bertz CT molecular complexity index is 976. The first-order valence-corrected chi connectivity index (χ1v) is 12.1. The van der Waals surface area contributed by atoms with Gasteiger partial charge in [0.15, 0.2) is 6.10 Å². The number of likely N-dealkylation sites (tertiary alicyclic amines) is 1. The van der Waals surface area contributed by atoms with Crippen LogP contribution in [0.5, 0.6) is 11.5 Å². The summed E-state index contributed by atoms with van der Waals surface area (Å²) in [5.74, 6) is -3.44. The number of aliphatic hydroxyl groups is 1. The Hall–Kier alpha value is -3.12. The Morgan fingerprint density at radius 1 is 1.06 bits per heavy atom. The largest absolute Gasteiger partial charge is 0.425 e. The summed E-state index contributed by atoms with van der Waals surface area (Å²) in [7, 11) is 0. The zero-order valence-corrected chi connectivity index (χ0v) is 19.8. The zero-order chi connectivity index (χ0) is 25.1.